The highest BCUT2D eigenvalue weighted by Crippen LogP contribution is 2.36. The Morgan fingerprint density at radius 2 is 2.00 bits per heavy atom. The molecule has 224 valence electrons. The van der Waals surface area contributed by atoms with Crippen LogP contribution in [0.25, 0.3) is 10.8 Å². The molecule has 0 spiro atoms. The van der Waals surface area contributed by atoms with E-state index in [0.717, 1.165) is 42.8 Å². The number of rotatable bonds is 9. The van der Waals surface area contributed by atoms with Gasteiger partial charge < -0.3 is 25.8 Å². The number of benzene rings is 2. The number of amides is 2. The number of hydrogen-bond acceptors (Lipinski definition) is 7. The standard InChI is InChI=1S/C34H41N7O2/c1-4-8-24-17-25-9-6-7-10-27(25)31(18-24)39-14-12-28-30(22-39)38-29(34(43)37-23(3)20-36)19-32(28)40-15-16-41(33(42)5-2)26(21-40)11-13-35/h5-7,9-10,17-19,23,26H,2,4,8,11-12,14-16,20-22,36H2,1,3H3,(H,37,43)/t23-,26+/m1/s1. The molecule has 0 saturated carbocycles. The molecule has 3 aromatic rings. The normalized spacial score (nSPS) is 17.3. The lowest BCUT2D eigenvalue weighted by Crippen LogP contribution is -2.55. The Labute approximate surface area is 254 Å². The lowest BCUT2D eigenvalue weighted by atomic mass is 9.96. The highest BCUT2D eigenvalue weighted by atomic mass is 16.2. The van der Waals surface area contributed by atoms with Crippen LogP contribution in [0.2, 0.25) is 0 Å². The minimum atomic E-state index is -0.268. The Kier molecular flexibility index (Phi) is 9.27. The van der Waals surface area contributed by atoms with Crippen molar-refractivity contribution in [2.24, 2.45) is 5.73 Å². The maximum Gasteiger partial charge on any atom is 0.270 e. The Morgan fingerprint density at radius 3 is 2.74 bits per heavy atom. The third-order valence-corrected chi connectivity index (χ3v) is 8.51. The topological polar surface area (TPSA) is 119 Å². The third-order valence-electron chi connectivity index (χ3n) is 8.51. The van der Waals surface area contributed by atoms with Crippen LogP contribution in [0.15, 0.2) is 55.1 Å². The molecule has 9 nitrogen and oxygen atoms in total. The molecule has 3 heterocycles. The summed E-state index contributed by atoms with van der Waals surface area (Å²) in [5, 5.41) is 14.9. The van der Waals surface area contributed by atoms with Gasteiger partial charge in [-0.1, -0.05) is 50.3 Å². The number of hydrogen-bond donors (Lipinski definition) is 2. The van der Waals surface area contributed by atoms with E-state index in [9.17, 15) is 14.9 Å². The Balaban J connectivity index is 1.54. The van der Waals surface area contributed by atoms with Gasteiger partial charge in [-0.25, -0.2) is 4.98 Å². The molecule has 2 aromatic carbocycles. The van der Waals surface area contributed by atoms with Crippen molar-refractivity contribution in [3.05, 3.63) is 77.6 Å². The van der Waals surface area contributed by atoms with Gasteiger partial charge in [0.25, 0.3) is 5.91 Å². The van der Waals surface area contributed by atoms with Crippen LogP contribution in [0, 0.1) is 11.3 Å². The molecule has 9 heteroatoms. The summed E-state index contributed by atoms with van der Waals surface area (Å²) in [6.07, 6.45) is 4.38. The predicted molar refractivity (Wildman–Crippen MR) is 171 cm³/mol. The molecule has 0 unspecified atom stereocenters. The van der Waals surface area contributed by atoms with Crippen LogP contribution in [-0.4, -0.2) is 66.5 Å². The maximum atomic E-state index is 13.4. The average Bonchev–Trinajstić information content (AvgIpc) is 3.03. The van der Waals surface area contributed by atoms with Gasteiger partial charge in [0.2, 0.25) is 5.91 Å². The summed E-state index contributed by atoms with van der Waals surface area (Å²) < 4.78 is 0. The van der Waals surface area contributed by atoms with Gasteiger partial charge in [-0.05, 0) is 48.9 Å². The first-order valence-electron chi connectivity index (χ1n) is 15.2. The summed E-state index contributed by atoms with van der Waals surface area (Å²) in [6.45, 7) is 11.0. The lowest BCUT2D eigenvalue weighted by molar-refractivity contribution is -0.128. The number of nitrogens with one attached hydrogen (secondary N) is 1. The number of fused-ring (bicyclic) bond motifs is 2. The zero-order valence-corrected chi connectivity index (χ0v) is 25.2. The zero-order valence-electron chi connectivity index (χ0n) is 25.2. The van der Waals surface area contributed by atoms with E-state index in [1.807, 2.05) is 13.0 Å². The van der Waals surface area contributed by atoms with Gasteiger partial charge in [0.05, 0.1) is 30.8 Å². The van der Waals surface area contributed by atoms with Crippen molar-refractivity contribution < 1.29 is 9.59 Å². The lowest BCUT2D eigenvalue weighted by Gasteiger charge is -2.43. The number of nitrogens with two attached hydrogens (primary N) is 1. The van der Waals surface area contributed by atoms with E-state index in [2.05, 4.69) is 71.1 Å². The zero-order chi connectivity index (χ0) is 30.5. The van der Waals surface area contributed by atoms with Crippen molar-refractivity contribution in [2.75, 3.05) is 42.5 Å². The summed E-state index contributed by atoms with van der Waals surface area (Å²) in [5.74, 6) is -0.427. The summed E-state index contributed by atoms with van der Waals surface area (Å²) in [7, 11) is 0. The quantitative estimate of drug-likeness (QED) is 0.369. The van der Waals surface area contributed by atoms with E-state index < -0.39 is 0 Å². The molecule has 0 radical (unpaired) electrons. The van der Waals surface area contributed by atoms with E-state index in [4.69, 9.17) is 10.7 Å². The van der Waals surface area contributed by atoms with Crippen molar-refractivity contribution in [3.8, 4) is 6.07 Å². The third kappa shape index (κ3) is 6.35. The molecule has 3 N–H and O–H groups in total. The molecule has 1 fully saturated rings. The van der Waals surface area contributed by atoms with Crippen LogP contribution in [0.3, 0.4) is 0 Å². The highest BCUT2D eigenvalue weighted by Gasteiger charge is 2.33. The fourth-order valence-corrected chi connectivity index (χ4v) is 6.29. The second-order valence-corrected chi connectivity index (χ2v) is 11.5. The minimum absolute atomic E-state index is 0.166. The number of nitrogens with zero attached hydrogens (tertiary/aromatic N) is 5. The van der Waals surface area contributed by atoms with Gasteiger partial charge in [-0.3, -0.25) is 9.59 Å². The van der Waals surface area contributed by atoms with Crippen LogP contribution in [-0.2, 0) is 24.2 Å². The minimum Gasteiger partial charge on any atom is -0.367 e. The summed E-state index contributed by atoms with van der Waals surface area (Å²) in [4.78, 5) is 37.1. The van der Waals surface area contributed by atoms with E-state index in [1.165, 1.54) is 28.1 Å². The first-order chi connectivity index (χ1) is 20.9. The van der Waals surface area contributed by atoms with Gasteiger partial charge in [-0.15, -0.1) is 0 Å². The van der Waals surface area contributed by atoms with Crippen LogP contribution >= 0.6 is 0 Å². The number of piperazine rings is 1. The average molecular weight is 580 g/mol. The number of carbonyl (C=O) groups is 2. The molecule has 2 aliphatic heterocycles. The SMILES string of the molecule is C=CC(=O)N1CCN(c2cc(C(=O)N[C@H](C)CN)nc3c2CCN(c2cc(CCC)cc4ccccc24)C3)C[C@@H]1CC#N. The molecule has 1 aromatic heterocycles. The van der Waals surface area contributed by atoms with Crippen molar-refractivity contribution in [1.29, 1.82) is 5.26 Å². The molecule has 2 aliphatic rings. The first-order valence-corrected chi connectivity index (χ1v) is 15.2. The van der Waals surface area contributed by atoms with Crippen molar-refractivity contribution in [2.45, 2.75) is 58.2 Å². The maximum absolute atomic E-state index is 13.4. The second kappa shape index (κ2) is 13.3. The molecule has 5 rings (SSSR count). The Morgan fingerprint density at radius 1 is 1.19 bits per heavy atom. The van der Waals surface area contributed by atoms with Gasteiger partial charge >= 0.3 is 0 Å². The number of aryl methyl sites for hydroxylation is 1. The number of nitriles is 1. The Hall–Kier alpha value is -4.42. The van der Waals surface area contributed by atoms with E-state index in [1.54, 1.807) is 4.90 Å². The monoisotopic (exact) mass is 579 g/mol. The van der Waals surface area contributed by atoms with Gasteiger partial charge in [0.1, 0.15) is 5.69 Å². The highest BCUT2D eigenvalue weighted by molar-refractivity contribution is 5.96. The molecular formula is C34H41N7O2. The van der Waals surface area contributed by atoms with Gasteiger partial charge in [-0.2, -0.15) is 5.26 Å². The van der Waals surface area contributed by atoms with Gasteiger partial charge in [0, 0.05) is 61.1 Å². The van der Waals surface area contributed by atoms with Crippen molar-refractivity contribution in [1.82, 2.24) is 15.2 Å². The van der Waals surface area contributed by atoms with E-state index in [0.29, 0.717) is 38.4 Å². The van der Waals surface area contributed by atoms with Crippen molar-refractivity contribution >= 4 is 34.0 Å². The number of aromatic nitrogens is 1. The number of anilines is 2. The number of carbonyl (C=O) groups excluding carboxylic acids is 2. The van der Waals surface area contributed by atoms with Crippen molar-refractivity contribution in [3.63, 3.8) is 0 Å². The molecule has 43 heavy (non-hydrogen) atoms. The van der Waals surface area contributed by atoms with E-state index in [-0.39, 0.29) is 30.3 Å². The largest absolute Gasteiger partial charge is 0.367 e. The summed E-state index contributed by atoms with van der Waals surface area (Å²) in [5.41, 5.74) is 11.6. The van der Waals surface area contributed by atoms with E-state index >= 15 is 0 Å². The molecular weight excluding hydrogens is 538 g/mol. The molecule has 2 atom stereocenters. The van der Waals surface area contributed by atoms with Crippen LogP contribution in [0.5, 0.6) is 0 Å². The van der Waals surface area contributed by atoms with Crippen LogP contribution in [0.4, 0.5) is 11.4 Å². The Bertz CT molecular complexity index is 1560. The summed E-state index contributed by atoms with van der Waals surface area (Å²) >= 11 is 0. The fraction of sp³-hybridized carbons (Fsp3) is 0.412. The number of pyridine rings is 1. The molecule has 2 amide bonds. The predicted octanol–water partition coefficient (Wildman–Crippen LogP) is 3.94. The van der Waals surface area contributed by atoms with Crippen LogP contribution in [0.1, 0.15) is 54.0 Å². The fourth-order valence-electron chi connectivity index (χ4n) is 6.29. The van der Waals surface area contributed by atoms with Gasteiger partial charge in [0.15, 0.2) is 0 Å². The first kappa shape index (κ1) is 30.1. The molecule has 1 saturated heterocycles. The second-order valence-electron chi connectivity index (χ2n) is 11.5. The molecule has 0 aliphatic carbocycles. The smallest absolute Gasteiger partial charge is 0.270 e. The van der Waals surface area contributed by atoms with Crippen LogP contribution < -0.4 is 20.9 Å². The summed E-state index contributed by atoms with van der Waals surface area (Å²) in [6, 6.07) is 16.7. The molecule has 0 bridgehead atoms.